The van der Waals surface area contributed by atoms with Gasteiger partial charge in [0, 0.05) is 12.1 Å². The minimum absolute atomic E-state index is 0.197. The van der Waals surface area contributed by atoms with E-state index in [1.54, 1.807) is 12.1 Å². The molecule has 3 N–H and O–H groups in total. The smallest absolute Gasteiger partial charge is 0.358 e. The van der Waals surface area contributed by atoms with Crippen molar-refractivity contribution in [2.24, 2.45) is 5.73 Å². The average molecular weight is 208 g/mol. The van der Waals surface area contributed by atoms with Crippen molar-refractivity contribution in [1.82, 2.24) is 10.2 Å². The Hall–Kier alpha value is -1.69. The van der Waals surface area contributed by atoms with Gasteiger partial charge in [-0.2, -0.15) is 0 Å². The van der Waals surface area contributed by atoms with E-state index >= 15 is 0 Å². The summed E-state index contributed by atoms with van der Waals surface area (Å²) < 4.78 is 4.50. The summed E-state index contributed by atoms with van der Waals surface area (Å²) in [6.45, 7) is 0. The number of nitrogens with zero attached hydrogens (tertiary/aromatic N) is 2. The van der Waals surface area contributed by atoms with Gasteiger partial charge in [0.05, 0.1) is 7.11 Å². The third kappa shape index (κ3) is 2.21. The first-order valence-corrected chi connectivity index (χ1v) is 4.65. The normalized spacial score (nSPS) is 23.3. The van der Waals surface area contributed by atoms with E-state index in [0.717, 1.165) is 6.42 Å². The summed E-state index contributed by atoms with van der Waals surface area (Å²) in [4.78, 5) is 11.0. The topological polar surface area (TPSA) is 90.1 Å². The van der Waals surface area contributed by atoms with Crippen LogP contribution in [-0.2, 0) is 4.74 Å². The predicted molar refractivity (Wildman–Crippen MR) is 53.4 cm³/mol. The molecule has 6 heteroatoms. The Morgan fingerprint density at radius 1 is 1.60 bits per heavy atom. The second-order valence-electron chi connectivity index (χ2n) is 3.45. The van der Waals surface area contributed by atoms with Crippen LogP contribution < -0.4 is 11.1 Å². The van der Waals surface area contributed by atoms with E-state index in [1.165, 1.54) is 7.11 Å². The maximum atomic E-state index is 11.0. The number of hydrogen-bond acceptors (Lipinski definition) is 6. The molecule has 1 aromatic heterocycles. The van der Waals surface area contributed by atoms with E-state index < -0.39 is 5.97 Å². The van der Waals surface area contributed by atoms with Crippen LogP contribution in [0.25, 0.3) is 0 Å². The lowest BCUT2D eigenvalue weighted by Crippen LogP contribution is -2.15. The second-order valence-corrected chi connectivity index (χ2v) is 3.45. The lowest BCUT2D eigenvalue weighted by molar-refractivity contribution is 0.0593. The maximum absolute atomic E-state index is 11.0. The molecule has 15 heavy (non-hydrogen) atoms. The molecule has 2 unspecified atom stereocenters. The SMILES string of the molecule is COC(=O)c1ccc(NC2CC2N)nn1. The van der Waals surface area contributed by atoms with E-state index in [9.17, 15) is 4.79 Å². The Kier molecular flexibility index (Phi) is 2.51. The molecule has 1 saturated carbocycles. The Bertz CT molecular complexity index is 365. The van der Waals surface area contributed by atoms with Crippen LogP contribution in [0.15, 0.2) is 12.1 Å². The molecule has 0 aromatic carbocycles. The summed E-state index contributed by atoms with van der Waals surface area (Å²) in [5.41, 5.74) is 5.83. The highest BCUT2D eigenvalue weighted by Gasteiger charge is 2.33. The number of aromatic nitrogens is 2. The number of rotatable bonds is 3. The molecule has 6 nitrogen and oxygen atoms in total. The van der Waals surface area contributed by atoms with Gasteiger partial charge in [0.2, 0.25) is 0 Å². The number of esters is 1. The molecule has 0 radical (unpaired) electrons. The van der Waals surface area contributed by atoms with Crippen molar-refractivity contribution in [3.8, 4) is 0 Å². The van der Waals surface area contributed by atoms with Crippen molar-refractivity contribution in [2.75, 3.05) is 12.4 Å². The molecule has 0 aliphatic heterocycles. The van der Waals surface area contributed by atoms with Crippen molar-refractivity contribution >= 4 is 11.8 Å². The van der Waals surface area contributed by atoms with Crippen molar-refractivity contribution < 1.29 is 9.53 Å². The Balaban J connectivity index is 2.00. The number of ether oxygens (including phenoxy) is 1. The van der Waals surface area contributed by atoms with E-state index in [2.05, 4.69) is 20.3 Å². The molecule has 1 aliphatic carbocycles. The van der Waals surface area contributed by atoms with Crippen LogP contribution in [0.1, 0.15) is 16.9 Å². The van der Waals surface area contributed by atoms with Gasteiger partial charge in [0.25, 0.3) is 0 Å². The second kappa shape index (κ2) is 3.82. The first-order chi connectivity index (χ1) is 7.20. The molecular formula is C9H12N4O2. The van der Waals surface area contributed by atoms with E-state index in [0.29, 0.717) is 5.82 Å². The number of methoxy groups -OCH3 is 1. The maximum Gasteiger partial charge on any atom is 0.358 e. The summed E-state index contributed by atoms with van der Waals surface area (Å²) in [7, 11) is 1.30. The number of nitrogens with one attached hydrogen (secondary N) is 1. The number of carbonyl (C=O) groups excluding carboxylic acids is 1. The highest BCUT2D eigenvalue weighted by molar-refractivity contribution is 5.86. The largest absolute Gasteiger partial charge is 0.464 e. The highest BCUT2D eigenvalue weighted by Crippen LogP contribution is 2.22. The van der Waals surface area contributed by atoms with E-state index in [-0.39, 0.29) is 17.8 Å². The first kappa shape index (κ1) is 9.85. The van der Waals surface area contributed by atoms with Gasteiger partial charge in [-0.3, -0.25) is 0 Å². The minimum Gasteiger partial charge on any atom is -0.464 e. The van der Waals surface area contributed by atoms with E-state index in [4.69, 9.17) is 5.73 Å². The van der Waals surface area contributed by atoms with E-state index in [1.807, 2.05) is 0 Å². The number of hydrogen-bond donors (Lipinski definition) is 2. The molecule has 2 atom stereocenters. The number of anilines is 1. The van der Waals surface area contributed by atoms with Crippen LogP contribution in [0.5, 0.6) is 0 Å². The fourth-order valence-electron chi connectivity index (χ4n) is 1.19. The van der Waals surface area contributed by atoms with Crippen molar-refractivity contribution in [3.05, 3.63) is 17.8 Å². The zero-order chi connectivity index (χ0) is 10.8. The predicted octanol–water partition coefficient (Wildman–Crippen LogP) is -0.225. The molecule has 1 fully saturated rings. The monoisotopic (exact) mass is 208 g/mol. The van der Waals surface area contributed by atoms with Gasteiger partial charge in [-0.15, -0.1) is 10.2 Å². The van der Waals surface area contributed by atoms with Gasteiger partial charge in [-0.05, 0) is 18.6 Å². The zero-order valence-corrected chi connectivity index (χ0v) is 8.30. The lowest BCUT2D eigenvalue weighted by atomic mass is 10.4. The van der Waals surface area contributed by atoms with Gasteiger partial charge >= 0.3 is 5.97 Å². The van der Waals surface area contributed by atoms with Crippen LogP contribution >= 0.6 is 0 Å². The molecule has 0 saturated heterocycles. The first-order valence-electron chi connectivity index (χ1n) is 4.65. The fourth-order valence-corrected chi connectivity index (χ4v) is 1.19. The molecule has 1 aliphatic rings. The number of nitrogens with two attached hydrogens (primary N) is 1. The quantitative estimate of drug-likeness (QED) is 0.667. The summed E-state index contributed by atoms with van der Waals surface area (Å²) in [5.74, 6) is 0.137. The molecule has 0 amide bonds. The van der Waals surface area contributed by atoms with Crippen molar-refractivity contribution in [2.45, 2.75) is 18.5 Å². The molecule has 1 aromatic rings. The summed E-state index contributed by atoms with van der Waals surface area (Å²) in [6, 6.07) is 3.73. The summed E-state index contributed by atoms with van der Waals surface area (Å²) >= 11 is 0. The van der Waals surface area contributed by atoms with Crippen LogP contribution in [0.2, 0.25) is 0 Å². The number of carbonyl (C=O) groups is 1. The van der Waals surface area contributed by atoms with Gasteiger partial charge in [0.15, 0.2) is 5.69 Å². The fraction of sp³-hybridized carbons (Fsp3) is 0.444. The summed E-state index contributed by atoms with van der Waals surface area (Å²) in [5, 5.41) is 10.7. The zero-order valence-electron chi connectivity index (χ0n) is 8.30. The molecule has 2 rings (SSSR count). The molecule has 1 heterocycles. The minimum atomic E-state index is -0.489. The molecular weight excluding hydrogens is 196 g/mol. The lowest BCUT2D eigenvalue weighted by Gasteiger charge is -2.03. The third-order valence-electron chi connectivity index (χ3n) is 2.23. The van der Waals surface area contributed by atoms with Crippen LogP contribution in [-0.4, -0.2) is 35.4 Å². The molecule has 0 bridgehead atoms. The van der Waals surface area contributed by atoms with Gasteiger partial charge in [-0.1, -0.05) is 0 Å². The average Bonchev–Trinajstić information content (AvgIpc) is 2.94. The Morgan fingerprint density at radius 3 is 2.80 bits per heavy atom. The van der Waals surface area contributed by atoms with Crippen LogP contribution in [0.3, 0.4) is 0 Å². The van der Waals surface area contributed by atoms with Gasteiger partial charge < -0.3 is 15.8 Å². The molecule has 80 valence electrons. The highest BCUT2D eigenvalue weighted by atomic mass is 16.5. The van der Waals surface area contributed by atoms with Crippen molar-refractivity contribution in [1.29, 1.82) is 0 Å². The third-order valence-corrected chi connectivity index (χ3v) is 2.23. The van der Waals surface area contributed by atoms with Gasteiger partial charge in [-0.25, -0.2) is 4.79 Å². The van der Waals surface area contributed by atoms with Crippen LogP contribution in [0, 0.1) is 0 Å². The Labute approximate surface area is 86.8 Å². The standard InChI is InChI=1S/C9H12N4O2/c1-15-9(14)6-2-3-8(13-12-6)11-7-4-5(7)10/h2-3,5,7H,4,10H2,1H3,(H,11,13). The van der Waals surface area contributed by atoms with Crippen LogP contribution in [0.4, 0.5) is 5.82 Å². The Morgan fingerprint density at radius 2 is 2.33 bits per heavy atom. The summed E-state index contributed by atoms with van der Waals surface area (Å²) in [6.07, 6.45) is 0.945. The molecule has 0 spiro atoms. The van der Waals surface area contributed by atoms with Gasteiger partial charge in [0.1, 0.15) is 5.82 Å². The van der Waals surface area contributed by atoms with Crippen molar-refractivity contribution in [3.63, 3.8) is 0 Å².